The number of nitrogens with zero attached hydrogens (tertiary/aromatic N) is 1. The Kier molecular flexibility index (Phi) is 2.01. The van der Waals surface area contributed by atoms with E-state index in [4.69, 9.17) is 0 Å². The number of anilines is 1. The molecule has 1 aliphatic heterocycles. The Morgan fingerprint density at radius 3 is 2.71 bits per heavy atom. The smallest absolute Gasteiger partial charge is 0.296 e. The van der Waals surface area contributed by atoms with Crippen LogP contribution in [0.4, 0.5) is 5.69 Å². The van der Waals surface area contributed by atoms with Gasteiger partial charge in [0.15, 0.2) is 0 Å². The predicted octanol–water partition coefficient (Wildman–Crippen LogP) is 1.88. The number of hydrogen-bond acceptors (Lipinski definition) is 3. The van der Waals surface area contributed by atoms with Crippen molar-refractivity contribution in [3.8, 4) is 11.1 Å². The Hall–Kier alpha value is -2.49. The molecule has 0 spiro atoms. The largest absolute Gasteiger partial charge is 0.318 e. The van der Waals surface area contributed by atoms with Gasteiger partial charge in [-0.1, -0.05) is 12.1 Å². The van der Waals surface area contributed by atoms with Gasteiger partial charge in [0.1, 0.15) is 0 Å². The highest BCUT2D eigenvalue weighted by Gasteiger charge is 2.27. The van der Waals surface area contributed by atoms with E-state index in [-0.39, 0.29) is 0 Å². The molecule has 2 heterocycles. The molecule has 1 aliphatic rings. The average molecular weight is 224 g/mol. The van der Waals surface area contributed by atoms with Gasteiger partial charge in [0, 0.05) is 18.0 Å². The lowest BCUT2D eigenvalue weighted by atomic mass is 10.0. The fraction of sp³-hybridized carbons (Fsp3) is 0. The standard InChI is InChI=1S/C13H8N2O2/c16-12-10-6-8(9-2-1-5-14-7-9)3-4-11(10)15-13(12)17/h1-7H,(H,15,16,17). The summed E-state index contributed by atoms with van der Waals surface area (Å²) in [5, 5.41) is 2.52. The zero-order valence-corrected chi connectivity index (χ0v) is 8.81. The predicted molar refractivity (Wildman–Crippen MR) is 62.6 cm³/mol. The minimum atomic E-state index is -0.566. The quantitative estimate of drug-likeness (QED) is 0.752. The number of ketones is 1. The van der Waals surface area contributed by atoms with Crippen molar-refractivity contribution in [3.63, 3.8) is 0 Å². The first-order valence-corrected chi connectivity index (χ1v) is 5.16. The van der Waals surface area contributed by atoms with E-state index in [9.17, 15) is 9.59 Å². The molecule has 0 saturated heterocycles. The van der Waals surface area contributed by atoms with Gasteiger partial charge in [0.05, 0.1) is 11.3 Å². The molecule has 4 nitrogen and oxygen atoms in total. The van der Waals surface area contributed by atoms with Crippen LogP contribution in [0.1, 0.15) is 10.4 Å². The molecular formula is C13H8N2O2. The number of rotatable bonds is 1. The number of pyridine rings is 1. The van der Waals surface area contributed by atoms with E-state index in [1.807, 2.05) is 18.2 Å². The van der Waals surface area contributed by atoms with Gasteiger partial charge < -0.3 is 5.32 Å². The molecular weight excluding hydrogens is 216 g/mol. The summed E-state index contributed by atoms with van der Waals surface area (Å²) in [5.41, 5.74) is 2.80. The molecule has 0 atom stereocenters. The number of nitrogens with one attached hydrogen (secondary N) is 1. The van der Waals surface area contributed by atoms with Crippen LogP contribution in [0.15, 0.2) is 42.7 Å². The van der Waals surface area contributed by atoms with Crippen LogP contribution >= 0.6 is 0 Å². The molecule has 0 bridgehead atoms. The number of amides is 1. The van der Waals surface area contributed by atoms with Crippen molar-refractivity contribution in [2.75, 3.05) is 5.32 Å². The molecule has 0 saturated carbocycles. The van der Waals surface area contributed by atoms with E-state index in [0.717, 1.165) is 11.1 Å². The Labute approximate surface area is 97.3 Å². The minimum absolute atomic E-state index is 0.427. The zero-order chi connectivity index (χ0) is 11.8. The van der Waals surface area contributed by atoms with Gasteiger partial charge in [-0.25, -0.2) is 0 Å². The molecule has 1 N–H and O–H groups in total. The number of Topliss-reactive ketones (excluding diaryl/α,β-unsaturated/α-hetero) is 1. The fourth-order valence-electron chi connectivity index (χ4n) is 1.86. The summed E-state index contributed by atoms with van der Waals surface area (Å²) < 4.78 is 0. The Morgan fingerprint density at radius 2 is 1.94 bits per heavy atom. The normalized spacial score (nSPS) is 13.4. The maximum absolute atomic E-state index is 11.6. The summed E-state index contributed by atoms with van der Waals surface area (Å²) in [5.74, 6) is -1.05. The number of benzene rings is 1. The van der Waals surface area contributed by atoms with Crippen molar-refractivity contribution in [1.29, 1.82) is 0 Å². The molecule has 0 fully saturated rings. The number of aromatic nitrogens is 1. The molecule has 0 radical (unpaired) electrons. The zero-order valence-electron chi connectivity index (χ0n) is 8.81. The second-order valence-corrected chi connectivity index (χ2v) is 3.79. The van der Waals surface area contributed by atoms with Crippen LogP contribution in [-0.2, 0) is 4.79 Å². The topological polar surface area (TPSA) is 59.1 Å². The molecule has 4 heteroatoms. The highest BCUT2D eigenvalue weighted by atomic mass is 16.2. The van der Waals surface area contributed by atoms with E-state index in [1.54, 1.807) is 24.5 Å². The van der Waals surface area contributed by atoms with E-state index < -0.39 is 11.7 Å². The molecule has 0 aliphatic carbocycles. The monoisotopic (exact) mass is 224 g/mol. The van der Waals surface area contributed by atoms with Crippen molar-refractivity contribution >= 4 is 17.4 Å². The first-order chi connectivity index (χ1) is 8.25. The summed E-state index contributed by atoms with van der Waals surface area (Å²) >= 11 is 0. The Morgan fingerprint density at radius 1 is 1.06 bits per heavy atom. The van der Waals surface area contributed by atoms with Crippen molar-refractivity contribution in [1.82, 2.24) is 4.98 Å². The maximum atomic E-state index is 11.6. The van der Waals surface area contributed by atoms with E-state index in [2.05, 4.69) is 10.3 Å². The van der Waals surface area contributed by atoms with Crippen molar-refractivity contribution in [2.24, 2.45) is 0 Å². The second-order valence-electron chi connectivity index (χ2n) is 3.79. The highest BCUT2D eigenvalue weighted by molar-refractivity contribution is 6.51. The summed E-state index contributed by atoms with van der Waals surface area (Å²) in [6, 6.07) is 9.04. The summed E-state index contributed by atoms with van der Waals surface area (Å²) in [6.45, 7) is 0. The van der Waals surface area contributed by atoms with E-state index in [1.165, 1.54) is 0 Å². The molecule has 1 amide bonds. The molecule has 1 aromatic heterocycles. The average Bonchev–Trinajstić information content (AvgIpc) is 2.66. The number of fused-ring (bicyclic) bond motifs is 1. The first kappa shape index (κ1) is 9.72. The van der Waals surface area contributed by atoms with Crippen LogP contribution in [0.5, 0.6) is 0 Å². The Balaban J connectivity index is 2.12. The molecule has 1 aromatic carbocycles. The lowest BCUT2D eigenvalue weighted by Crippen LogP contribution is -2.12. The third-order valence-electron chi connectivity index (χ3n) is 2.71. The molecule has 82 valence electrons. The lowest BCUT2D eigenvalue weighted by molar-refractivity contribution is -0.112. The van der Waals surface area contributed by atoms with Gasteiger partial charge in [-0.3, -0.25) is 14.6 Å². The molecule has 0 unspecified atom stereocenters. The molecule has 17 heavy (non-hydrogen) atoms. The fourth-order valence-corrected chi connectivity index (χ4v) is 1.86. The van der Waals surface area contributed by atoms with Gasteiger partial charge in [0.25, 0.3) is 11.7 Å². The SMILES string of the molecule is O=C1Nc2ccc(-c3cccnc3)cc2C1=O. The van der Waals surface area contributed by atoms with Crippen molar-refractivity contribution < 1.29 is 9.59 Å². The maximum Gasteiger partial charge on any atom is 0.296 e. The number of hydrogen-bond donors (Lipinski definition) is 1. The van der Waals surface area contributed by atoms with Crippen LogP contribution in [0.25, 0.3) is 11.1 Å². The summed E-state index contributed by atoms with van der Waals surface area (Å²) in [7, 11) is 0. The summed E-state index contributed by atoms with van der Waals surface area (Å²) in [4.78, 5) is 26.8. The van der Waals surface area contributed by atoms with Gasteiger partial charge in [-0.15, -0.1) is 0 Å². The summed E-state index contributed by atoms with van der Waals surface area (Å²) in [6.07, 6.45) is 3.41. The van der Waals surface area contributed by atoms with Gasteiger partial charge >= 0.3 is 0 Å². The second kappa shape index (κ2) is 3.52. The van der Waals surface area contributed by atoms with Gasteiger partial charge in [-0.2, -0.15) is 0 Å². The van der Waals surface area contributed by atoms with E-state index >= 15 is 0 Å². The first-order valence-electron chi connectivity index (χ1n) is 5.16. The van der Waals surface area contributed by atoms with Crippen LogP contribution in [0.3, 0.4) is 0 Å². The van der Waals surface area contributed by atoms with Crippen LogP contribution < -0.4 is 5.32 Å². The van der Waals surface area contributed by atoms with E-state index in [0.29, 0.717) is 11.3 Å². The molecule has 2 aromatic rings. The highest BCUT2D eigenvalue weighted by Crippen LogP contribution is 2.28. The van der Waals surface area contributed by atoms with Crippen LogP contribution in [0, 0.1) is 0 Å². The minimum Gasteiger partial charge on any atom is -0.318 e. The third-order valence-corrected chi connectivity index (χ3v) is 2.71. The van der Waals surface area contributed by atoms with Crippen LogP contribution in [-0.4, -0.2) is 16.7 Å². The van der Waals surface area contributed by atoms with Gasteiger partial charge in [0.2, 0.25) is 0 Å². The molecule has 3 rings (SSSR count). The van der Waals surface area contributed by atoms with Gasteiger partial charge in [-0.05, 0) is 23.8 Å². The Bertz CT molecular complexity index is 621. The lowest BCUT2D eigenvalue weighted by Gasteiger charge is -2.02. The third kappa shape index (κ3) is 1.50. The number of carbonyl (C=O) groups is 2. The van der Waals surface area contributed by atoms with Crippen LogP contribution in [0.2, 0.25) is 0 Å². The van der Waals surface area contributed by atoms with Crippen molar-refractivity contribution in [3.05, 3.63) is 48.3 Å². The van der Waals surface area contributed by atoms with Crippen molar-refractivity contribution in [2.45, 2.75) is 0 Å². The number of carbonyl (C=O) groups excluding carboxylic acids is 2.